The molecule has 3 aliphatic heterocycles. The van der Waals surface area contributed by atoms with E-state index in [0.29, 0.717) is 44.6 Å². The Labute approximate surface area is 350 Å². The molecule has 60 heavy (non-hydrogen) atoms. The van der Waals surface area contributed by atoms with Gasteiger partial charge in [0.25, 0.3) is 11.8 Å². The van der Waals surface area contributed by atoms with E-state index in [0.717, 1.165) is 87.7 Å². The zero-order chi connectivity index (χ0) is 41.6. The molecule has 9 rings (SSSR count). The van der Waals surface area contributed by atoms with Crippen LogP contribution in [0.4, 0.5) is 20.2 Å². The highest BCUT2D eigenvalue weighted by Gasteiger charge is 2.35. The third-order valence-corrected chi connectivity index (χ3v) is 11.4. The summed E-state index contributed by atoms with van der Waals surface area (Å²) < 4.78 is 29.6. The average Bonchev–Trinajstić information content (AvgIpc) is 4.08. The van der Waals surface area contributed by atoms with Crippen LogP contribution in [0.3, 0.4) is 0 Å². The molecule has 0 aliphatic carbocycles. The molecule has 12 heteroatoms. The number of nitrogens with zero attached hydrogens (tertiary/aromatic N) is 8. The third kappa shape index (κ3) is 8.28. The number of rotatable bonds is 14. The summed E-state index contributed by atoms with van der Waals surface area (Å²) in [5.74, 6) is 1.66. The summed E-state index contributed by atoms with van der Waals surface area (Å²) in [6, 6.07) is 31.8. The first-order valence-electron chi connectivity index (χ1n) is 21.0. The molecular weight excluding hydrogens is 759 g/mol. The number of imidazole rings is 2. The Hall–Kier alpha value is -6.30. The van der Waals surface area contributed by atoms with Crippen molar-refractivity contribution in [2.45, 2.75) is 64.7 Å². The summed E-state index contributed by atoms with van der Waals surface area (Å²) >= 11 is 0. The molecule has 4 aromatic carbocycles. The van der Waals surface area contributed by atoms with Gasteiger partial charge in [-0.25, -0.2) is 9.97 Å². The maximum atomic E-state index is 13.5. The summed E-state index contributed by atoms with van der Waals surface area (Å²) in [4.78, 5) is 44.1. The van der Waals surface area contributed by atoms with Gasteiger partial charge in [0.1, 0.15) is 11.6 Å². The zero-order valence-electron chi connectivity index (χ0n) is 34.4. The summed E-state index contributed by atoms with van der Waals surface area (Å²) in [6.45, 7) is 3.53. The first-order chi connectivity index (χ1) is 29.4. The number of aryl methyl sites for hydroxylation is 2. The Morgan fingerprint density at radius 2 is 1.05 bits per heavy atom. The van der Waals surface area contributed by atoms with Gasteiger partial charge >= 0.3 is 0 Å². The lowest BCUT2D eigenvalue weighted by atomic mass is 10.1. The fourth-order valence-electron chi connectivity index (χ4n) is 8.49. The van der Waals surface area contributed by atoms with Crippen LogP contribution < -0.4 is 9.80 Å². The van der Waals surface area contributed by atoms with E-state index < -0.39 is 0 Å². The van der Waals surface area contributed by atoms with Crippen molar-refractivity contribution in [1.29, 1.82) is 0 Å². The van der Waals surface area contributed by atoms with Gasteiger partial charge in [0.2, 0.25) is 0 Å². The van der Waals surface area contributed by atoms with Gasteiger partial charge in [-0.1, -0.05) is 60.7 Å². The van der Waals surface area contributed by atoms with E-state index in [9.17, 15) is 18.4 Å². The van der Waals surface area contributed by atoms with Crippen molar-refractivity contribution in [1.82, 2.24) is 28.9 Å². The van der Waals surface area contributed by atoms with Gasteiger partial charge in [0.15, 0.2) is 0 Å². The van der Waals surface area contributed by atoms with E-state index in [1.54, 1.807) is 4.90 Å². The highest BCUT2D eigenvalue weighted by molar-refractivity contribution is 6.33. The molecule has 0 atom stereocenters. The minimum absolute atomic E-state index is 0.0236. The number of hydrogen-bond donors (Lipinski definition) is 0. The molecule has 6 aromatic rings. The van der Waals surface area contributed by atoms with Crippen LogP contribution in [0.2, 0.25) is 0 Å². The lowest BCUT2D eigenvalue weighted by Gasteiger charge is -2.18. The second-order valence-electron chi connectivity index (χ2n) is 15.7. The number of hydrogen-bond acceptors (Lipinski definition) is 6. The van der Waals surface area contributed by atoms with Crippen molar-refractivity contribution in [3.63, 3.8) is 0 Å². The summed E-state index contributed by atoms with van der Waals surface area (Å²) in [6.07, 6.45) is 8.78. The maximum absolute atomic E-state index is 13.5. The monoisotopic (exact) mass is 810 g/mol. The first kappa shape index (κ1) is 40.5. The number of alkyl halides is 2. The molecule has 5 heterocycles. The normalized spacial score (nSPS) is 16.1. The molecule has 0 radical (unpaired) electrons. The second kappa shape index (κ2) is 18.3. The lowest BCUT2D eigenvalue weighted by Crippen LogP contribution is -2.28. The topological polar surface area (TPSA) is 82.7 Å². The molecule has 1 saturated heterocycles. The van der Waals surface area contributed by atoms with Gasteiger partial charge in [0.05, 0.1) is 71.0 Å². The molecule has 0 unspecified atom stereocenters. The standard InChI is InChI=1S/C25H27FN4O.C23H25FN4O/c26-13-5-6-16-29-23-12-4-2-10-21(23)27-24(29)18-30-22-11-3-1-9-19(22)20(25(30)31)17-28-14-7-8-15-28;1-26(2)15-18-17-9-3-5-11-20(17)28(23(18)29)16-22-25-19-10-4-6-12-21(19)27(22)14-8-7-13-24/h1-4,9-12,17H,5-8,13-16,18H2;3-6,9-12,15H,7-8,13-14,16H2,1-2H3. The van der Waals surface area contributed by atoms with E-state index in [4.69, 9.17) is 9.97 Å². The van der Waals surface area contributed by atoms with Crippen LogP contribution in [-0.2, 0) is 35.8 Å². The minimum Gasteiger partial charge on any atom is -0.383 e. The Kier molecular flexibility index (Phi) is 12.4. The number of fused-ring (bicyclic) bond motifs is 4. The SMILES string of the molecule is CN(C)C=C1C(=O)N(Cc2nc3ccccc3n2CCCCF)c2ccccc21.O=C1C(=CN2CCCC2)c2ccccc2N1Cc1nc2ccccc2n1CCCCF. The van der Waals surface area contributed by atoms with Gasteiger partial charge in [-0.3, -0.25) is 18.4 Å². The minimum atomic E-state index is -0.321. The quantitative estimate of drug-likeness (QED) is 0.0808. The van der Waals surface area contributed by atoms with Gasteiger partial charge in [-0.2, -0.15) is 0 Å². The van der Waals surface area contributed by atoms with Gasteiger partial charge < -0.3 is 28.7 Å². The number of anilines is 2. The predicted octanol–water partition coefficient (Wildman–Crippen LogP) is 9.00. The summed E-state index contributed by atoms with van der Waals surface area (Å²) in [5, 5.41) is 0. The van der Waals surface area contributed by atoms with E-state index in [-0.39, 0.29) is 25.2 Å². The number of halogens is 2. The van der Waals surface area contributed by atoms with Crippen LogP contribution in [-0.4, -0.2) is 81.3 Å². The predicted molar refractivity (Wildman–Crippen MR) is 236 cm³/mol. The largest absolute Gasteiger partial charge is 0.383 e. The van der Waals surface area contributed by atoms with Gasteiger partial charge in [-0.05, 0) is 74.9 Å². The molecule has 0 N–H and O–H groups in total. The number of unbranched alkanes of at least 4 members (excludes halogenated alkanes) is 2. The Morgan fingerprint density at radius 1 is 0.600 bits per heavy atom. The molecule has 0 spiro atoms. The van der Waals surface area contributed by atoms with Gasteiger partial charge in [-0.15, -0.1) is 0 Å². The lowest BCUT2D eigenvalue weighted by molar-refractivity contribution is -0.114. The van der Waals surface area contributed by atoms with Crippen molar-refractivity contribution >= 4 is 56.4 Å². The zero-order valence-corrected chi connectivity index (χ0v) is 34.4. The molecule has 1 fully saturated rings. The first-order valence-corrected chi connectivity index (χ1v) is 21.0. The van der Waals surface area contributed by atoms with Crippen LogP contribution in [0, 0.1) is 0 Å². The van der Waals surface area contributed by atoms with Crippen molar-refractivity contribution in [3.05, 3.63) is 132 Å². The molecule has 3 aliphatic rings. The number of para-hydroxylation sites is 6. The Bertz CT molecular complexity index is 2550. The van der Waals surface area contributed by atoms with Crippen LogP contribution in [0.1, 0.15) is 61.3 Å². The third-order valence-electron chi connectivity index (χ3n) is 11.4. The molecular formula is C48H52F2N8O2. The highest BCUT2D eigenvalue weighted by Crippen LogP contribution is 2.39. The maximum Gasteiger partial charge on any atom is 0.260 e. The van der Waals surface area contributed by atoms with E-state index >= 15 is 0 Å². The van der Waals surface area contributed by atoms with Crippen LogP contribution >= 0.6 is 0 Å². The van der Waals surface area contributed by atoms with Crippen LogP contribution in [0.25, 0.3) is 33.2 Å². The van der Waals surface area contributed by atoms with Crippen molar-refractivity contribution < 1.29 is 18.4 Å². The van der Waals surface area contributed by atoms with E-state index in [1.807, 2.05) is 133 Å². The Morgan fingerprint density at radius 3 is 1.55 bits per heavy atom. The highest BCUT2D eigenvalue weighted by atomic mass is 19.1. The van der Waals surface area contributed by atoms with Crippen molar-refractivity contribution in [3.8, 4) is 0 Å². The van der Waals surface area contributed by atoms with E-state index in [2.05, 4.69) is 14.0 Å². The number of carbonyl (C=O) groups excluding carboxylic acids is 2. The molecule has 0 bridgehead atoms. The number of likely N-dealkylation sites (tertiary alicyclic amines) is 1. The summed E-state index contributed by atoms with van der Waals surface area (Å²) in [5.41, 5.74) is 9.05. The molecule has 0 saturated carbocycles. The fourth-order valence-corrected chi connectivity index (χ4v) is 8.49. The van der Waals surface area contributed by atoms with E-state index in [1.165, 1.54) is 12.8 Å². The van der Waals surface area contributed by atoms with Crippen molar-refractivity contribution in [2.24, 2.45) is 0 Å². The second-order valence-corrected chi connectivity index (χ2v) is 15.7. The number of aromatic nitrogens is 4. The molecule has 2 aromatic heterocycles. The fraction of sp³-hybridized carbons (Fsp3) is 0.333. The van der Waals surface area contributed by atoms with Crippen molar-refractivity contribution in [2.75, 3.05) is 50.3 Å². The van der Waals surface area contributed by atoms with Crippen LogP contribution in [0.5, 0.6) is 0 Å². The van der Waals surface area contributed by atoms with Gasteiger partial charge in [0, 0.05) is 63.8 Å². The number of carbonyl (C=O) groups is 2. The smallest absolute Gasteiger partial charge is 0.260 e. The number of amides is 2. The Balaban J connectivity index is 0.000000167. The average molecular weight is 811 g/mol. The molecule has 310 valence electrons. The molecule has 10 nitrogen and oxygen atoms in total. The number of benzene rings is 4. The van der Waals surface area contributed by atoms with Crippen LogP contribution in [0.15, 0.2) is 109 Å². The molecule has 2 amide bonds. The summed E-state index contributed by atoms with van der Waals surface area (Å²) in [7, 11) is 3.83.